The number of rotatable bonds is 7. The maximum absolute atomic E-state index is 12.1. The molecule has 2 rings (SSSR count). The first-order valence-corrected chi connectivity index (χ1v) is 8.65. The minimum atomic E-state index is -0.656. The van der Waals surface area contributed by atoms with Gasteiger partial charge in [-0.25, -0.2) is 0 Å². The number of nitrogens with two attached hydrogens (primary N) is 1. The van der Waals surface area contributed by atoms with Crippen molar-refractivity contribution in [2.24, 2.45) is 11.7 Å². The summed E-state index contributed by atoms with van der Waals surface area (Å²) in [6.07, 6.45) is 1.29. The lowest BCUT2D eigenvalue weighted by Crippen LogP contribution is -2.46. The monoisotopic (exact) mass is 398 g/mol. The zero-order valence-electron chi connectivity index (χ0n) is 15.8. The Morgan fingerprint density at radius 2 is 2.04 bits per heavy atom. The maximum Gasteiger partial charge on any atom is 0.243 e. The van der Waals surface area contributed by atoms with E-state index in [2.05, 4.69) is 10.6 Å². The number of carbonyl (C=O) groups is 3. The Labute approximate surface area is 165 Å². The fraction of sp³-hybridized carbons (Fsp3) is 0.500. The molecule has 0 bridgehead atoms. The summed E-state index contributed by atoms with van der Waals surface area (Å²) in [6.45, 7) is 4.12. The molecule has 1 aromatic carbocycles. The fourth-order valence-electron chi connectivity index (χ4n) is 2.67. The lowest BCUT2D eigenvalue weighted by atomic mass is 10.1. The predicted molar refractivity (Wildman–Crippen MR) is 106 cm³/mol. The first-order chi connectivity index (χ1) is 12.3. The Morgan fingerprint density at radius 1 is 1.33 bits per heavy atom. The highest BCUT2D eigenvalue weighted by Crippen LogP contribution is 2.33. The molecule has 4 N–H and O–H groups in total. The maximum atomic E-state index is 12.1. The van der Waals surface area contributed by atoms with Crippen LogP contribution in [0.1, 0.15) is 26.7 Å². The van der Waals surface area contributed by atoms with Crippen LogP contribution in [0.5, 0.6) is 5.75 Å². The Kier molecular flexibility index (Phi) is 8.52. The van der Waals surface area contributed by atoms with Gasteiger partial charge in [-0.05, 0) is 30.5 Å². The Balaban J connectivity index is 0.00000364. The van der Waals surface area contributed by atoms with E-state index in [4.69, 9.17) is 10.5 Å². The zero-order chi connectivity index (χ0) is 19.3. The van der Waals surface area contributed by atoms with Crippen molar-refractivity contribution >= 4 is 41.5 Å². The number of anilines is 2. The third-order valence-corrected chi connectivity index (χ3v) is 4.27. The highest BCUT2D eigenvalue weighted by Gasteiger charge is 2.25. The third kappa shape index (κ3) is 5.83. The number of hydrogen-bond acceptors (Lipinski definition) is 5. The lowest BCUT2D eigenvalue weighted by Gasteiger charge is -2.20. The molecule has 3 amide bonds. The van der Waals surface area contributed by atoms with Crippen molar-refractivity contribution < 1.29 is 19.1 Å². The van der Waals surface area contributed by atoms with Gasteiger partial charge in [0.05, 0.1) is 25.4 Å². The second kappa shape index (κ2) is 10.1. The van der Waals surface area contributed by atoms with E-state index in [1.165, 1.54) is 7.11 Å². The van der Waals surface area contributed by atoms with E-state index < -0.39 is 6.04 Å². The van der Waals surface area contributed by atoms with Gasteiger partial charge in [0.15, 0.2) is 0 Å². The van der Waals surface area contributed by atoms with Crippen LogP contribution in [-0.4, -0.2) is 44.0 Å². The van der Waals surface area contributed by atoms with E-state index in [1.807, 2.05) is 13.8 Å². The molecule has 9 heteroatoms. The summed E-state index contributed by atoms with van der Waals surface area (Å²) in [5.74, 6) is -0.164. The molecule has 0 aromatic heterocycles. The minimum Gasteiger partial charge on any atom is -0.495 e. The molecule has 1 atom stereocenters. The van der Waals surface area contributed by atoms with Crippen molar-refractivity contribution in [2.75, 3.05) is 30.4 Å². The van der Waals surface area contributed by atoms with Crippen LogP contribution < -0.4 is 26.0 Å². The molecule has 1 fully saturated rings. The summed E-state index contributed by atoms with van der Waals surface area (Å²) >= 11 is 0. The smallest absolute Gasteiger partial charge is 0.243 e. The Bertz CT molecular complexity index is 696. The van der Waals surface area contributed by atoms with Gasteiger partial charge in [-0.3, -0.25) is 14.4 Å². The second-order valence-electron chi connectivity index (χ2n) is 6.57. The van der Waals surface area contributed by atoms with Crippen molar-refractivity contribution in [3.63, 3.8) is 0 Å². The van der Waals surface area contributed by atoms with E-state index in [1.54, 1.807) is 23.1 Å². The van der Waals surface area contributed by atoms with Crippen molar-refractivity contribution in [2.45, 2.75) is 32.7 Å². The number of ether oxygens (including phenoxy) is 1. The number of methoxy groups -OCH3 is 1. The van der Waals surface area contributed by atoms with Crippen molar-refractivity contribution in [1.82, 2.24) is 5.32 Å². The second-order valence-corrected chi connectivity index (χ2v) is 6.57. The van der Waals surface area contributed by atoms with Crippen LogP contribution in [0, 0.1) is 5.92 Å². The van der Waals surface area contributed by atoms with Crippen LogP contribution in [0.3, 0.4) is 0 Å². The summed E-state index contributed by atoms with van der Waals surface area (Å²) < 4.78 is 5.32. The van der Waals surface area contributed by atoms with Crippen LogP contribution in [-0.2, 0) is 14.4 Å². The topological polar surface area (TPSA) is 114 Å². The molecule has 1 heterocycles. The number of halogens is 1. The summed E-state index contributed by atoms with van der Waals surface area (Å²) in [4.78, 5) is 37.5. The van der Waals surface area contributed by atoms with E-state index in [0.717, 1.165) is 6.42 Å². The van der Waals surface area contributed by atoms with Gasteiger partial charge < -0.3 is 26.0 Å². The average Bonchev–Trinajstić information content (AvgIpc) is 3.04. The standard InChI is InChI=1S/C18H26N4O4.ClH/c1-11(2)17(19)18(25)20-10-15(23)21-12-6-7-14(26-3)13(9-12)22-8-4-5-16(22)24;/h6-7,9,11,17H,4-5,8,10,19H2,1-3H3,(H,20,25)(H,21,23);1H/t17-;/m0./s1. The van der Waals surface area contributed by atoms with E-state index in [0.29, 0.717) is 30.1 Å². The molecule has 0 saturated carbocycles. The van der Waals surface area contributed by atoms with Crippen LogP contribution >= 0.6 is 12.4 Å². The van der Waals surface area contributed by atoms with Gasteiger partial charge in [-0.15, -0.1) is 12.4 Å². The fourth-order valence-corrected chi connectivity index (χ4v) is 2.67. The van der Waals surface area contributed by atoms with Crippen molar-refractivity contribution in [3.8, 4) is 5.75 Å². The molecule has 1 aliphatic heterocycles. The number of carbonyl (C=O) groups excluding carboxylic acids is 3. The molecule has 27 heavy (non-hydrogen) atoms. The first-order valence-electron chi connectivity index (χ1n) is 8.65. The van der Waals surface area contributed by atoms with E-state index in [9.17, 15) is 14.4 Å². The number of benzene rings is 1. The molecule has 1 aliphatic rings. The van der Waals surface area contributed by atoms with Crippen molar-refractivity contribution in [1.29, 1.82) is 0 Å². The number of nitrogens with zero attached hydrogens (tertiary/aromatic N) is 1. The highest BCUT2D eigenvalue weighted by molar-refractivity contribution is 5.99. The molecule has 0 aliphatic carbocycles. The number of hydrogen-bond donors (Lipinski definition) is 3. The van der Waals surface area contributed by atoms with Crippen LogP contribution in [0.15, 0.2) is 18.2 Å². The summed E-state index contributed by atoms with van der Waals surface area (Å²) in [5, 5.41) is 5.23. The van der Waals surface area contributed by atoms with Gasteiger partial charge in [0.1, 0.15) is 5.75 Å². The summed E-state index contributed by atoms with van der Waals surface area (Å²) in [5.41, 5.74) is 6.88. The largest absolute Gasteiger partial charge is 0.495 e. The number of nitrogens with one attached hydrogen (secondary N) is 2. The Morgan fingerprint density at radius 3 is 2.59 bits per heavy atom. The normalized spacial score (nSPS) is 14.6. The van der Waals surface area contributed by atoms with Gasteiger partial charge in [0.2, 0.25) is 17.7 Å². The molecular formula is C18H27ClN4O4. The lowest BCUT2D eigenvalue weighted by molar-refractivity contribution is -0.125. The van der Waals surface area contributed by atoms with E-state index >= 15 is 0 Å². The van der Waals surface area contributed by atoms with Gasteiger partial charge >= 0.3 is 0 Å². The first kappa shape index (κ1) is 22.7. The molecule has 0 spiro atoms. The molecule has 150 valence electrons. The average molecular weight is 399 g/mol. The van der Waals surface area contributed by atoms with Crippen LogP contribution in [0.4, 0.5) is 11.4 Å². The SMILES string of the molecule is COc1ccc(NC(=O)CNC(=O)[C@@H](N)C(C)C)cc1N1CCCC1=O.Cl. The molecule has 1 aromatic rings. The van der Waals surface area contributed by atoms with Crippen LogP contribution in [0.2, 0.25) is 0 Å². The molecule has 1 saturated heterocycles. The highest BCUT2D eigenvalue weighted by atomic mass is 35.5. The quantitative estimate of drug-likeness (QED) is 0.640. The molecule has 8 nitrogen and oxygen atoms in total. The van der Waals surface area contributed by atoms with Gasteiger partial charge in [0.25, 0.3) is 0 Å². The molecule has 0 radical (unpaired) electrons. The predicted octanol–water partition coefficient (Wildman–Crippen LogP) is 1.28. The summed E-state index contributed by atoms with van der Waals surface area (Å²) in [6, 6.07) is 4.42. The molecular weight excluding hydrogens is 372 g/mol. The third-order valence-electron chi connectivity index (χ3n) is 4.27. The van der Waals surface area contributed by atoms with Crippen molar-refractivity contribution in [3.05, 3.63) is 18.2 Å². The zero-order valence-corrected chi connectivity index (χ0v) is 16.6. The van der Waals surface area contributed by atoms with Crippen LogP contribution in [0.25, 0.3) is 0 Å². The summed E-state index contributed by atoms with van der Waals surface area (Å²) in [7, 11) is 1.53. The van der Waals surface area contributed by atoms with Gasteiger partial charge in [-0.2, -0.15) is 0 Å². The molecule has 0 unspecified atom stereocenters. The van der Waals surface area contributed by atoms with E-state index in [-0.39, 0.29) is 42.6 Å². The van der Waals surface area contributed by atoms with Gasteiger partial charge in [0, 0.05) is 18.7 Å². The van der Waals surface area contributed by atoms with Gasteiger partial charge in [-0.1, -0.05) is 13.8 Å². The Hall–Kier alpha value is -2.32. The number of amides is 3. The minimum absolute atomic E-state index is 0.